The van der Waals surface area contributed by atoms with Crippen LogP contribution in [0.15, 0.2) is 29.4 Å². The zero-order chi connectivity index (χ0) is 17.7. The number of hydrogen-bond acceptors (Lipinski definition) is 5. The fourth-order valence-electron chi connectivity index (χ4n) is 3.36. The molecule has 3 rings (SSSR count). The largest absolute Gasteiger partial charge is 0.372 e. The molecular weight excluding hydrogens is 338 g/mol. The van der Waals surface area contributed by atoms with Crippen LogP contribution in [0.1, 0.15) is 37.7 Å². The quantitative estimate of drug-likeness (QED) is 0.655. The second-order valence-electron chi connectivity index (χ2n) is 6.83. The van der Waals surface area contributed by atoms with Crippen LogP contribution in [0.5, 0.6) is 0 Å². The maximum atomic E-state index is 11.9. The number of sulfone groups is 1. The van der Waals surface area contributed by atoms with Gasteiger partial charge in [0.25, 0.3) is 0 Å². The molecule has 2 saturated heterocycles. The van der Waals surface area contributed by atoms with Crippen molar-refractivity contribution in [1.29, 1.82) is 0 Å². The number of rotatable bonds is 4. The van der Waals surface area contributed by atoms with Gasteiger partial charge in [0, 0.05) is 18.8 Å². The SMILES string of the molecule is O=C(N/N=C\c1ccc(N2CCCCCC2)cc1)[C@@H]1CCS(=O)(=O)C1. The lowest BCUT2D eigenvalue weighted by molar-refractivity contribution is -0.124. The van der Waals surface area contributed by atoms with Gasteiger partial charge in [-0.3, -0.25) is 4.79 Å². The van der Waals surface area contributed by atoms with Gasteiger partial charge in [0.2, 0.25) is 5.91 Å². The van der Waals surface area contributed by atoms with E-state index in [2.05, 4.69) is 27.6 Å². The zero-order valence-electron chi connectivity index (χ0n) is 14.4. The minimum absolute atomic E-state index is 0.0706. The molecule has 0 unspecified atom stereocenters. The molecule has 2 heterocycles. The van der Waals surface area contributed by atoms with Crippen LogP contribution in [0.4, 0.5) is 5.69 Å². The maximum Gasteiger partial charge on any atom is 0.244 e. The molecule has 1 atom stereocenters. The van der Waals surface area contributed by atoms with Crippen molar-refractivity contribution in [3.8, 4) is 0 Å². The van der Waals surface area contributed by atoms with Gasteiger partial charge in [-0.15, -0.1) is 0 Å². The van der Waals surface area contributed by atoms with Crippen LogP contribution in [0.3, 0.4) is 0 Å². The molecule has 0 spiro atoms. The Balaban J connectivity index is 1.52. The molecule has 1 aromatic rings. The molecule has 1 amide bonds. The van der Waals surface area contributed by atoms with Crippen molar-refractivity contribution in [2.75, 3.05) is 29.5 Å². The summed E-state index contributed by atoms with van der Waals surface area (Å²) in [4.78, 5) is 14.3. The molecule has 1 N–H and O–H groups in total. The first-order valence-corrected chi connectivity index (χ1v) is 10.7. The van der Waals surface area contributed by atoms with Gasteiger partial charge < -0.3 is 4.90 Å². The van der Waals surface area contributed by atoms with Crippen LogP contribution in [0.2, 0.25) is 0 Å². The van der Waals surface area contributed by atoms with Gasteiger partial charge in [-0.1, -0.05) is 25.0 Å². The van der Waals surface area contributed by atoms with Crippen LogP contribution < -0.4 is 10.3 Å². The smallest absolute Gasteiger partial charge is 0.244 e. The van der Waals surface area contributed by atoms with E-state index in [9.17, 15) is 13.2 Å². The first-order chi connectivity index (χ1) is 12.0. The highest BCUT2D eigenvalue weighted by Crippen LogP contribution is 2.20. The third-order valence-electron chi connectivity index (χ3n) is 4.86. The molecule has 0 radical (unpaired) electrons. The molecule has 25 heavy (non-hydrogen) atoms. The highest BCUT2D eigenvalue weighted by molar-refractivity contribution is 7.91. The number of amides is 1. The van der Waals surface area contributed by atoms with Crippen LogP contribution in [0, 0.1) is 5.92 Å². The van der Waals surface area contributed by atoms with E-state index in [1.165, 1.54) is 31.4 Å². The monoisotopic (exact) mass is 363 g/mol. The molecule has 0 aliphatic carbocycles. The molecule has 1 aromatic carbocycles. The van der Waals surface area contributed by atoms with Gasteiger partial charge in [-0.05, 0) is 37.0 Å². The second-order valence-corrected chi connectivity index (χ2v) is 9.06. The molecule has 2 aliphatic rings. The normalized spacial score (nSPS) is 23.5. The van der Waals surface area contributed by atoms with Gasteiger partial charge in [0.1, 0.15) is 0 Å². The molecule has 2 aliphatic heterocycles. The molecular formula is C18H25N3O3S. The Kier molecular flexibility index (Phi) is 5.73. The number of carbonyl (C=O) groups is 1. The van der Waals surface area contributed by atoms with E-state index in [0.29, 0.717) is 6.42 Å². The van der Waals surface area contributed by atoms with Crippen molar-refractivity contribution < 1.29 is 13.2 Å². The van der Waals surface area contributed by atoms with Crippen LogP contribution >= 0.6 is 0 Å². The summed E-state index contributed by atoms with van der Waals surface area (Å²) >= 11 is 0. The van der Waals surface area contributed by atoms with Crippen molar-refractivity contribution in [2.24, 2.45) is 11.0 Å². The third-order valence-corrected chi connectivity index (χ3v) is 6.62. The summed E-state index contributed by atoms with van der Waals surface area (Å²) in [7, 11) is -3.05. The topological polar surface area (TPSA) is 78.8 Å². The second kappa shape index (κ2) is 7.99. The van der Waals surface area contributed by atoms with Crippen molar-refractivity contribution in [3.05, 3.63) is 29.8 Å². The predicted octanol–water partition coefficient (Wildman–Crippen LogP) is 1.95. The molecule has 0 saturated carbocycles. The molecule has 6 nitrogen and oxygen atoms in total. The standard InChI is InChI=1S/C18H25N3O3S/c22-18(16-9-12-25(23,24)14-16)20-19-13-15-5-7-17(8-6-15)21-10-3-1-2-4-11-21/h5-8,13,16H,1-4,9-12,14H2,(H,20,22)/b19-13-/t16-/m1/s1. The van der Waals surface area contributed by atoms with E-state index >= 15 is 0 Å². The highest BCUT2D eigenvalue weighted by Gasteiger charge is 2.32. The summed E-state index contributed by atoms with van der Waals surface area (Å²) in [6, 6.07) is 8.13. The minimum Gasteiger partial charge on any atom is -0.372 e. The van der Waals surface area contributed by atoms with Gasteiger partial charge in [-0.2, -0.15) is 5.10 Å². The summed E-state index contributed by atoms with van der Waals surface area (Å²) < 4.78 is 22.8. The molecule has 136 valence electrons. The van der Waals surface area contributed by atoms with Crippen LogP contribution in [-0.2, 0) is 14.6 Å². The van der Waals surface area contributed by atoms with Crippen LogP contribution in [0.25, 0.3) is 0 Å². The summed E-state index contributed by atoms with van der Waals surface area (Å²) in [5.41, 5.74) is 4.58. The third kappa shape index (κ3) is 5.04. The van der Waals surface area contributed by atoms with Crippen LogP contribution in [-0.4, -0.2) is 45.1 Å². The lowest BCUT2D eigenvalue weighted by Gasteiger charge is -2.22. The number of benzene rings is 1. The lowest BCUT2D eigenvalue weighted by atomic mass is 10.1. The van der Waals surface area contributed by atoms with E-state index in [-0.39, 0.29) is 17.4 Å². The first-order valence-electron chi connectivity index (χ1n) is 8.92. The van der Waals surface area contributed by atoms with Gasteiger partial charge >= 0.3 is 0 Å². The Hall–Kier alpha value is -1.89. The van der Waals surface area contributed by atoms with Gasteiger partial charge in [-0.25, -0.2) is 13.8 Å². The van der Waals surface area contributed by atoms with E-state index in [1.807, 2.05) is 12.1 Å². The number of nitrogens with zero attached hydrogens (tertiary/aromatic N) is 2. The Labute approximate surface area is 149 Å². The molecule has 7 heteroatoms. The first kappa shape index (κ1) is 17.9. The number of nitrogens with one attached hydrogen (secondary N) is 1. The van der Waals surface area contributed by atoms with Crippen molar-refractivity contribution in [3.63, 3.8) is 0 Å². The maximum absolute atomic E-state index is 11.9. The summed E-state index contributed by atoms with van der Waals surface area (Å²) in [6.45, 7) is 2.21. The van der Waals surface area contributed by atoms with Crippen molar-refractivity contribution in [2.45, 2.75) is 32.1 Å². The summed E-state index contributed by atoms with van der Waals surface area (Å²) in [5, 5.41) is 3.96. The molecule has 2 fully saturated rings. The Morgan fingerprint density at radius 3 is 2.40 bits per heavy atom. The van der Waals surface area contributed by atoms with Crippen molar-refractivity contribution in [1.82, 2.24) is 5.43 Å². The Bertz CT molecular complexity index is 720. The fraction of sp³-hybridized carbons (Fsp3) is 0.556. The molecule has 0 aromatic heterocycles. The Morgan fingerprint density at radius 2 is 1.80 bits per heavy atom. The number of hydrazone groups is 1. The molecule has 0 bridgehead atoms. The van der Waals surface area contributed by atoms with E-state index in [0.717, 1.165) is 18.7 Å². The highest BCUT2D eigenvalue weighted by atomic mass is 32.2. The summed E-state index contributed by atoms with van der Waals surface area (Å²) in [5.74, 6) is -0.780. The minimum atomic E-state index is -3.05. The fourth-order valence-corrected chi connectivity index (χ4v) is 5.10. The van der Waals surface area contributed by atoms with Gasteiger partial charge in [0.15, 0.2) is 9.84 Å². The number of hydrogen-bond donors (Lipinski definition) is 1. The van der Waals surface area contributed by atoms with E-state index in [4.69, 9.17) is 0 Å². The summed E-state index contributed by atoms with van der Waals surface area (Å²) in [6.07, 6.45) is 7.08. The number of carbonyl (C=O) groups excluding carboxylic acids is 1. The van der Waals surface area contributed by atoms with E-state index < -0.39 is 15.8 Å². The van der Waals surface area contributed by atoms with Gasteiger partial charge in [0.05, 0.1) is 23.6 Å². The van der Waals surface area contributed by atoms with E-state index in [1.54, 1.807) is 6.21 Å². The zero-order valence-corrected chi connectivity index (χ0v) is 15.2. The van der Waals surface area contributed by atoms with Crippen molar-refractivity contribution >= 4 is 27.6 Å². The number of anilines is 1. The predicted molar refractivity (Wildman–Crippen MR) is 99.6 cm³/mol. The average molecular weight is 363 g/mol. The lowest BCUT2D eigenvalue weighted by Crippen LogP contribution is -2.27. The Morgan fingerprint density at radius 1 is 1.12 bits per heavy atom. The average Bonchev–Trinajstić information content (AvgIpc) is 2.80.